The molecule has 2 N–H and O–H groups in total. The van der Waals surface area contributed by atoms with Crippen LogP contribution in [0, 0.1) is 0 Å². The van der Waals surface area contributed by atoms with E-state index >= 15 is 0 Å². The summed E-state index contributed by atoms with van der Waals surface area (Å²) in [6, 6.07) is 2.12. The molecule has 5 nitrogen and oxygen atoms in total. The van der Waals surface area contributed by atoms with E-state index in [2.05, 4.69) is 21.2 Å². The van der Waals surface area contributed by atoms with E-state index in [4.69, 9.17) is 9.84 Å². The van der Waals surface area contributed by atoms with Crippen molar-refractivity contribution in [3.63, 3.8) is 0 Å². The summed E-state index contributed by atoms with van der Waals surface area (Å²) in [5, 5.41) is 11.9. The number of nitrogens with one attached hydrogen (secondary N) is 1. The largest absolute Gasteiger partial charge is 0.396 e. The van der Waals surface area contributed by atoms with Crippen molar-refractivity contribution in [3.8, 4) is 0 Å². The zero-order valence-electron chi connectivity index (χ0n) is 10.9. The fourth-order valence-electron chi connectivity index (χ4n) is 2.10. The van der Waals surface area contributed by atoms with E-state index in [0.717, 1.165) is 17.3 Å². The molecule has 0 saturated heterocycles. The molecule has 1 aliphatic rings. The van der Waals surface area contributed by atoms with Crippen LogP contribution < -0.4 is 5.32 Å². The molecule has 1 amide bonds. The first-order valence-electron chi connectivity index (χ1n) is 6.43. The number of nitrogens with zero attached hydrogens (tertiary/aromatic N) is 1. The van der Waals surface area contributed by atoms with Crippen molar-refractivity contribution in [2.75, 3.05) is 20.3 Å². The van der Waals surface area contributed by atoms with Crippen LogP contribution in [-0.2, 0) is 4.74 Å². The van der Waals surface area contributed by atoms with E-state index in [1.165, 1.54) is 0 Å². The third kappa shape index (κ3) is 3.81. The van der Waals surface area contributed by atoms with Crippen LogP contribution in [0.2, 0.25) is 0 Å². The number of aromatic nitrogens is 1. The van der Waals surface area contributed by atoms with Crippen molar-refractivity contribution in [1.29, 1.82) is 0 Å². The van der Waals surface area contributed by atoms with Gasteiger partial charge in [-0.05, 0) is 41.3 Å². The van der Waals surface area contributed by atoms with Crippen LogP contribution in [0.3, 0.4) is 0 Å². The molecule has 0 bridgehead atoms. The number of amides is 1. The Kier molecular flexibility index (Phi) is 5.01. The molecular formula is C13H19BrN2O3. The standard InChI is InChI=1S/C13H19BrN2O3/c1-19-8-10(4-5-17)15-13(18)12-6-9(14)7-16(12)11-2-3-11/h6-7,10-11,17H,2-5,8H2,1H3,(H,15,18). The lowest BCUT2D eigenvalue weighted by Crippen LogP contribution is -2.39. The molecule has 1 aliphatic carbocycles. The van der Waals surface area contributed by atoms with Gasteiger partial charge < -0.3 is 19.7 Å². The molecule has 106 valence electrons. The molecule has 1 saturated carbocycles. The van der Waals surface area contributed by atoms with Crippen molar-refractivity contribution in [2.45, 2.75) is 31.3 Å². The minimum absolute atomic E-state index is 0.0294. The predicted octanol–water partition coefficient (Wildman–Crippen LogP) is 1.71. The zero-order chi connectivity index (χ0) is 13.8. The second kappa shape index (κ2) is 6.54. The molecule has 1 atom stereocenters. The molecule has 1 unspecified atom stereocenters. The summed E-state index contributed by atoms with van der Waals surface area (Å²) in [5.74, 6) is -0.117. The Hall–Kier alpha value is -0.850. The van der Waals surface area contributed by atoms with Gasteiger partial charge in [-0.3, -0.25) is 4.79 Å². The highest BCUT2D eigenvalue weighted by atomic mass is 79.9. The summed E-state index contributed by atoms with van der Waals surface area (Å²) in [4.78, 5) is 12.3. The molecule has 1 aromatic heterocycles. The Morgan fingerprint density at radius 3 is 3.00 bits per heavy atom. The Morgan fingerprint density at radius 2 is 2.42 bits per heavy atom. The van der Waals surface area contributed by atoms with Crippen LogP contribution in [0.5, 0.6) is 0 Å². The Bertz CT molecular complexity index is 437. The lowest BCUT2D eigenvalue weighted by Gasteiger charge is -2.17. The van der Waals surface area contributed by atoms with Gasteiger partial charge >= 0.3 is 0 Å². The van der Waals surface area contributed by atoms with Gasteiger partial charge in [0.25, 0.3) is 5.91 Å². The number of methoxy groups -OCH3 is 1. The highest BCUT2D eigenvalue weighted by Gasteiger charge is 2.28. The average Bonchev–Trinajstić information content (AvgIpc) is 3.13. The quantitative estimate of drug-likeness (QED) is 0.800. The minimum atomic E-state index is -0.163. The van der Waals surface area contributed by atoms with Crippen molar-refractivity contribution >= 4 is 21.8 Å². The van der Waals surface area contributed by atoms with Gasteiger partial charge in [0.1, 0.15) is 5.69 Å². The van der Waals surface area contributed by atoms with Crippen LogP contribution in [0.25, 0.3) is 0 Å². The molecule has 0 radical (unpaired) electrons. The van der Waals surface area contributed by atoms with Gasteiger partial charge in [-0.15, -0.1) is 0 Å². The van der Waals surface area contributed by atoms with Gasteiger partial charge in [-0.2, -0.15) is 0 Å². The normalized spacial score (nSPS) is 16.4. The van der Waals surface area contributed by atoms with Crippen molar-refractivity contribution in [2.24, 2.45) is 0 Å². The molecule has 19 heavy (non-hydrogen) atoms. The third-order valence-corrected chi connectivity index (χ3v) is 3.60. The summed E-state index contributed by atoms with van der Waals surface area (Å²) in [7, 11) is 1.58. The smallest absolute Gasteiger partial charge is 0.268 e. The summed E-state index contributed by atoms with van der Waals surface area (Å²) >= 11 is 3.41. The molecule has 2 rings (SSSR count). The molecular weight excluding hydrogens is 312 g/mol. The van der Waals surface area contributed by atoms with Crippen molar-refractivity contribution < 1.29 is 14.6 Å². The Balaban J connectivity index is 2.05. The Labute approximate surface area is 121 Å². The average molecular weight is 331 g/mol. The first kappa shape index (κ1) is 14.6. The SMILES string of the molecule is COCC(CCO)NC(=O)c1cc(Br)cn1C1CC1. The minimum Gasteiger partial charge on any atom is -0.396 e. The molecule has 1 aromatic rings. The molecule has 0 aliphatic heterocycles. The van der Waals surface area contributed by atoms with Crippen LogP contribution in [-0.4, -0.2) is 41.9 Å². The third-order valence-electron chi connectivity index (χ3n) is 3.17. The summed E-state index contributed by atoms with van der Waals surface area (Å²) in [6.07, 6.45) is 4.69. The second-order valence-corrected chi connectivity index (χ2v) is 5.74. The van der Waals surface area contributed by atoms with Crippen LogP contribution >= 0.6 is 15.9 Å². The first-order chi connectivity index (χ1) is 9.15. The fourth-order valence-corrected chi connectivity index (χ4v) is 2.53. The van der Waals surface area contributed by atoms with Gasteiger partial charge in [-0.25, -0.2) is 0 Å². The van der Waals surface area contributed by atoms with E-state index in [-0.39, 0.29) is 18.6 Å². The van der Waals surface area contributed by atoms with Crippen molar-refractivity contribution in [1.82, 2.24) is 9.88 Å². The van der Waals surface area contributed by atoms with Crippen LogP contribution in [0.4, 0.5) is 0 Å². The van der Waals surface area contributed by atoms with Gasteiger partial charge in [-0.1, -0.05) is 0 Å². The van der Waals surface area contributed by atoms with Gasteiger partial charge in [0, 0.05) is 30.4 Å². The molecule has 0 aromatic carbocycles. The highest BCUT2D eigenvalue weighted by Crippen LogP contribution is 2.37. The van der Waals surface area contributed by atoms with E-state index in [1.54, 1.807) is 7.11 Å². The maximum atomic E-state index is 12.3. The maximum absolute atomic E-state index is 12.3. The van der Waals surface area contributed by atoms with E-state index in [1.807, 2.05) is 16.8 Å². The summed E-state index contributed by atoms with van der Waals surface area (Å²) < 4.78 is 7.97. The monoisotopic (exact) mass is 330 g/mol. The number of carbonyl (C=O) groups is 1. The number of ether oxygens (including phenoxy) is 1. The molecule has 6 heteroatoms. The topological polar surface area (TPSA) is 63.5 Å². The number of halogens is 1. The lowest BCUT2D eigenvalue weighted by molar-refractivity contribution is 0.0869. The Morgan fingerprint density at radius 1 is 1.68 bits per heavy atom. The number of carbonyl (C=O) groups excluding carboxylic acids is 1. The highest BCUT2D eigenvalue weighted by molar-refractivity contribution is 9.10. The predicted molar refractivity (Wildman–Crippen MR) is 75.2 cm³/mol. The number of aliphatic hydroxyl groups excluding tert-OH is 1. The maximum Gasteiger partial charge on any atom is 0.268 e. The number of rotatable bonds is 7. The zero-order valence-corrected chi connectivity index (χ0v) is 12.5. The lowest BCUT2D eigenvalue weighted by atomic mass is 10.2. The summed E-state index contributed by atoms with van der Waals surface area (Å²) in [6.45, 7) is 0.430. The summed E-state index contributed by atoms with van der Waals surface area (Å²) in [5.41, 5.74) is 0.661. The molecule has 1 fully saturated rings. The van der Waals surface area contributed by atoms with Gasteiger partial charge in [0.15, 0.2) is 0 Å². The molecule has 1 heterocycles. The van der Waals surface area contributed by atoms with Crippen LogP contribution in [0.15, 0.2) is 16.7 Å². The fraction of sp³-hybridized carbons (Fsp3) is 0.615. The van der Waals surface area contributed by atoms with Gasteiger partial charge in [0.05, 0.1) is 12.6 Å². The second-order valence-electron chi connectivity index (χ2n) is 4.82. The van der Waals surface area contributed by atoms with E-state index in [0.29, 0.717) is 24.8 Å². The van der Waals surface area contributed by atoms with Crippen molar-refractivity contribution in [3.05, 3.63) is 22.4 Å². The van der Waals surface area contributed by atoms with Gasteiger partial charge in [0.2, 0.25) is 0 Å². The van der Waals surface area contributed by atoms with Crippen LogP contribution in [0.1, 0.15) is 35.8 Å². The first-order valence-corrected chi connectivity index (χ1v) is 7.23. The van der Waals surface area contributed by atoms with E-state index < -0.39 is 0 Å². The number of hydrogen-bond acceptors (Lipinski definition) is 3. The molecule has 0 spiro atoms. The number of hydrogen-bond donors (Lipinski definition) is 2. The number of aliphatic hydroxyl groups is 1. The van der Waals surface area contributed by atoms with E-state index in [9.17, 15) is 4.79 Å².